The lowest BCUT2D eigenvalue weighted by atomic mass is 9.92. The van der Waals surface area contributed by atoms with Gasteiger partial charge in [0.25, 0.3) is 5.91 Å². The van der Waals surface area contributed by atoms with Gasteiger partial charge in [-0.15, -0.1) is 0 Å². The summed E-state index contributed by atoms with van der Waals surface area (Å²) in [5.41, 5.74) is 3.60. The van der Waals surface area contributed by atoms with E-state index in [9.17, 15) is 9.90 Å². The standard InChI is InChI=1S/C24H34Cl2N4O2/c1-16-18(13-21(28(16)5)24(2,3)4)23(32)27-14-17(31)15-29-9-11-30(12-10-29)20-8-6-7-19(25)22(20)26/h6-8,13,17,31H,9-12,14-15H2,1-5H3,(H,27,32). The van der Waals surface area contributed by atoms with Crippen molar-refractivity contribution in [1.82, 2.24) is 14.8 Å². The van der Waals surface area contributed by atoms with Crippen molar-refractivity contribution in [3.8, 4) is 0 Å². The molecule has 0 radical (unpaired) electrons. The van der Waals surface area contributed by atoms with Gasteiger partial charge in [0.1, 0.15) is 0 Å². The predicted octanol–water partition coefficient (Wildman–Crippen LogP) is 3.85. The Hall–Kier alpha value is -1.73. The molecule has 0 aliphatic carbocycles. The third-order valence-electron chi connectivity index (χ3n) is 6.16. The van der Waals surface area contributed by atoms with E-state index in [0.717, 1.165) is 43.3 Å². The van der Waals surface area contributed by atoms with Crippen molar-refractivity contribution < 1.29 is 9.90 Å². The second-order valence-electron chi connectivity index (χ2n) is 9.56. The van der Waals surface area contributed by atoms with Gasteiger partial charge in [-0.2, -0.15) is 0 Å². The van der Waals surface area contributed by atoms with Gasteiger partial charge in [-0.25, -0.2) is 0 Å². The summed E-state index contributed by atoms with van der Waals surface area (Å²) in [7, 11) is 1.98. The van der Waals surface area contributed by atoms with E-state index in [1.165, 1.54) is 0 Å². The molecule has 1 fully saturated rings. The fourth-order valence-electron chi connectivity index (χ4n) is 4.23. The number of amides is 1. The van der Waals surface area contributed by atoms with Crippen LogP contribution in [0.15, 0.2) is 24.3 Å². The number of hydrogen-bond donors (Lipinski definition) is 2. The molecule has 1 atom stereocenters. The molecular formula is C24H34Cl2N4O2. The minimum atomic E-state index is -0.633. The molecule has 32 heavy (non-hydrogen) atoms. The maximum Gasteiger partial charge on any atom is 0.253 e. The van der Waals surface area contributed by atoms with Crippen molar-refractivity contribution in [2.75, 3.05) is 44.2 Å². The molecule has 3 rings (SSSR count). The first-order valence-corrected chi connectivity index (χ1v) is 11.8. The second kappa shape index (κ2) is 10.0. The summed E-state index contributed by atoms with van der Waals surface area (Å²) in [4.78, 5) is 17.2. The summed E-state index contributed by atoms with van der Waals surface area (Å²) >= 11 is 12.5. The number of carbonyl (C=O) groups is 1. The number of rotatable bonds is 6. The molecule has 1 saturated heterocycles. The van der Waals surface area contributed by atoms with Gasteiger partial charge < -0.3 is 19.9 Å². The van der Waals surface area contributed by atoms with Crippen LogP contribution in [0.2, 0.25) is 10.0 Å². The number of anilines is 1. The molecule has 2 N–H and O–H groups in total. The van der Waals surface area contributed by atoms with Crippen LogP contribution in [0, 0.1) is 6.92 Å². The van der Waals surface area contributed by atoms with Gasteiger partial charge in [0.2, 0.25) is 0 Å². The van der Waals surface area contributed by atoms with Crippen LogP contribution >= 0.6 is 23.2 Å². The van der Waals surface area contributed by atoms with Crippen molar-refractivity contribution in [3.05, 3.63) is 51.3 Å². The zero-order valence-corrected chi connectivity index (χ0v) is 21.1. The first-order chi connectivity index (χ1) is 15.0. The summed E-state index contributed by atoms with van der Waals surface area (Å²) in [6.07, 6.45) is -0.633. The molecule has 0 spiro atoms. The Morgan fingerprint density at radius 3 is 2.44 bits per heavy atom. The smallest absolute Gasteiger partial charge is 0.253 e. The second-order valence-corrected chi connectivity index (χ2v) is 10.3. The summed E-state index contributed by atoms with van der Waals surface area (Å²) in [6.45, 7) is 12.3. The summed E-state index contributed by atoms with van der Waals surface area (Å²) < 4.78 is 2.07. The van der Waals surface area contributed by atoms with Gasteiger partial charge in [-0.1, -0.05) is 50.0 Å². The number of aliphatic hydroxyl groups excluding tert-OH is 1. The number of hydrogen-bond acceptors (Lipinski definition) is 4. The van der Waals surface area contributed by atoms with Crippen LogP contribution in [0.5, 0.6) is 0 Å². The minimum absolute atomic E-state index is 0.0466. The SMILES string of the molecule is Cc1c(C(=O)NCC(O)CN2CCN(c3cccc(Cl)c3Cl)CC2)cc(C(C)(C)C)n1C. The van der Waals surface area contributed by atoms with Gasteiger partial charge in [0.05, 0.1) is 27.4 Å². The average Bonchev–Trinajstić information content (AvgIpc) is 3.04. The highest BCUT2D eigenvalue weighted by Crippen LogP contribution is 2.33. The number of benzene rings is 1. The lowest BCUT2D eigenvalue weighted by molar-refractivity contribution is 0.0851. The quantitative estimate of drug-likeness (QED) is 0.658. The number of halogens is 2. The fourth-order valence-corrected chi connectivity index (χ4v) is 4.64. The Labute approximate surface area is 201 Å². The van der Waals surface area contributed by atoms with Gasteiger partial charge >= 0.3 is 0 Å². The third-order valence-corrected chi connectivity index (χ3v) is 6.97. The molecular weight excluding hydrogens is 447 g/mol. The lowest BCUT2D eigenvalue weighted by Gasteiger charge is -2.37. The van der Waals surface area contributed by atoms with E-state index in [0.29, 0.717) is 22.2 Å². The maximum atomic E-state index is 12.7. The highest BCUT2D eigenvalue weighted by molar-refractivity contribution is 6.43. The van der Waals surface area contributed by atoms with Crippen LogP contribution in [-0.2, 0) is 12.5 Å². The van der Waals surface area contributed by atoms with E-state index in [4.69, 9.17) is 23.2 Å². The molecule has 6 nitrogen and oxygen atoms in total. The zero-order chi connectivity index (χ0) is 23.6. The Morgan fingerprint density at radius 1 is 1.19 bits per heavy atom. The van der Waals surface area contributed by atoms with Crippen molar-refractivity contribution in [2.24, 2.45) is 7.05 Å². The maximum absolute atomic E-state index is 12.7. The number of aliphatic hydroxyl groups is 1. The molecule has 1 unspecified atom stereocenters. The molecule has 1 aromatic heterocycles. The number of nitrogens with zero attached hydrogens (tertiary/aromatic N) is 3. The molecule has 0 saturated carbocycles. The number of aromatic nitrogens is 1. The normalized spacial score (nSPS) is 16.3. The van der Waals surface area contributed by atoms with E-state index in [-0.39, 0.29) is 17.9 Å². The molecule has 176 valence electrons. The monoisotopic (exact) mass is 480 g/mol. The Bertz CT molecular complexity index is 960. The number of carbonyl (C=O) groups excluding carboxylic acids is 1. The van der Waals surface area contributed by atoms with Gasteiger partial charge in [-0.3, -0.25) is 9.69 Å². The van der Waals surface area contributed by atoms with Crippen LogP contribution in [0.4, 0.5) is 5.69 Å². The Balaban J connectivity index is 1.49. The van der Waals surface area contributed by atoms with Crippen LogP contribution in [0.1, 0.15) is 42.5 Å². The summed E-state index contributed by atoms with van der Waals surface area (Å²) in [6, 6.07) is 7.62. The molecule has 2 aromatic rings. The van der Waals surface area contributed by atoms with Crippen molar-refractivity contribution >= 4 is 34.8 Å². The lowest BCUT2D eigenvalue weighted by Crippen LogP contribution is -2.50. The fraction of sp³-hybridized carbons (Fsp3) is 0.542. The van der Waals surface area contributed by atoms with Gasteiger partial charge in [-0.05, 0) is 25.1 Å². The molecule has 1 amide bonds. The first kappa shape index (κ1) is 24.9. The minimum Gasteiger partial charge on any atom is -0.390 e. The predicted molar refractivity (Wildman–Crippen MR) is 132 cm³/mol. The summed E-state index contributed by atoms with van der Waals surface area (Å²) in [5.74, 6) is -0.145. The van der Waals surface area contributed by atoms with Crippen molar-refractivity contribution in [1.29, 1.82) is 0 Å². The van der Waals surface area contributed by atoms with E-state index in [2.05, 4.69) is 40.5 Å². The first-order valence-electron chi connectivity index (χ1n) is 11.0. The topological polar surface area (TPSA) is 60.7 Å². The molecule has 2 heterocycles. The molecule has 1 aliphatic rings. The number of piperazine rings is 1. The van der Waals surface area contributed by atoms with Gasteiger partial charge in [0, 0.05) is 63.1 Å². The highest BCUT2D eigenvalue weighted by atomic mass is 35.5. The molecule has 1 aromatic carbocycles. The number of β-amino-alcohol motifs (C(OH)–C–C–N with tert-alkyl or cyclic N) is 1. The van der Waals surface area contributed by atoms with Crippen LogP contribution < -0.4 is 10.2 Å². The van der Waals surface area contributed by atoms with Crippen molar-refractivity contribution in [2.45, 2.75) is 39.2 Å². The van der Waals surface area contributed by atoms with E-state index < -0.39 is 6.10 Å². The van der Waals surface area contributed by atoms with Crippen LogP contribution in [0.25, 0.3) is 0 Å². The Morgan fingerprint density at radius 2 is 1.84 bits per heavy atom. The summed E-state index contributed by atoms with van der Waals surface area (Å²) in [5, 5.41) is 14.5. The zero-order valence-electron chi connectivity index (χ0n) is 19.6. The number of nitrogens with one attached hydrogen (secondary N) is 1. The average molecular weight is 481 g/mol. The highest BCUT2D eigenvalue weighted by Gasteiger charge is 2.25. The van der Waals surface area contributed by atoms with Crippen LogP contribution in [0.3, 0.4) is 0 Å². The molecule has 8 heteroatoms. The van der Waals surface area contributed by atoms with Crippen LogP contribution in [-0.4, -0.2) is 65.9 Å². The van der Waals surface area contributed by atoms with E-state index in [1.54, 1.807) is 6.07 Å². The third kappa shape index (κ3) is 5.60. The molecule has 0 bridgehead atoms. The molecule has 1 aliphatic heterocycles. The largest absolute Gasteiger partial charge is 0.390 e. The van der Waals surface area contributed by atoms with Crippen molar-refractivity contribution in [3.63, 3.8) is 0 Å². The Kier molecular flexibility index (Phi) is 7.81. The van der Waals surface area contributed by atoms with E-state index >= 15 is 0 Å². The van der Waals surface area contributed by atoms with Gasteiger partial charge in [0.15, 0.2) is 0 Å². The van der Waals surface area contributed by atoms with E-state index in [1.807, 2.05) is 32.2 Å².